The Morgan fingerprint density at radius 2 is 1.93 bits per heavy atom. The number of H-pyrrole nitrogens is 1. The molecule has 0 amide bonds. The molecule has 0 radical (unpaired) electrons. The number of hydrogen-bond donors (Lipinski definition) is 1. The molecule has 4 heterocycles. The summed E-state index contributed by atoms with van der Waals surface area (Å²) in [6, 6.07) is 12.7. The third kappa shape index (κ3) is 4.26. The van der Waals surface area contributed by atoms with E-state index in [1.54, 1.807) is 6.20 Å². The molecular weight excluding hydrogens is 364 g/mol. The van der Waals surface area contributed by atoms with Crippen molar-refractivity contribution in [3.63, 3.8) is 0 Å². The molecule has 1 N–H and O–H groups in total. The van der Waals surface area contributed by atoms with E-state index in [-0.39, 0.29) is 6.10 Å². The molecule has 0 spiro atoms. The molecule has 0 saturated carbocycles. The topological polar surface area (TPSA) is 71.9 Å². The average Bonchev–Trinajstić information content (AvgIpc) is 3.52. The van der Waals surface area contributed by atoms with E-state index in [2.05, 4.69) is 50.1 Å². The summed E-state index contributed by atoms with van der Waals surface area (Å²) in [5, 5.41) is 11.9. The number of benzene rings is 1. The van der Waals surface area contributed by atoms with Gasteiger partial charge < -0.3 is 4.74 Å². The number of nitrogens with one attached hydrogen (secondary N) is 1. The lowest BCUT2D eigenvalue weighted by Crippen LogP contribution is -2.33. The normalized spacial score (nSPS) is 21.0. The number of piperidine rings is 1. The Morgan fingerprint density at radius 1 is 1.07 bits per heavy atom. The first kappa shape index (κ1) is 18.5. The largest absolute Gasteiger partial charge is 0.376 e. The Bertz CT molecular complexity index is 893. The predicted octanol–water partition coefficient (Wildman–Crippen LogP) is 3.23. The fraction of sp³-hybridized carbons (Fsp3) is 0.500. The molecule has 2 aromatic heterocycles. The average molecular weight is 393 g/mol. The van der Waals surface area contributed by atoms with E-state index in [4.69, 9.17) is 14.8 Å². The Hall–Kier alpha value is -2.51. The van der Waals surface area contributed by atoms with Gasteiger partial charge in [0, 0.05) is 25.3 Å². The molecule has 2 fully saturated rings. The van der Waals surface area contributed by atoms with Crippen LogP contribution in [0, 0.1) is 0 Å². The summed E-state index contributed by atoms with van der Waals surface area (Å²) in [5.41, 5.74) is 2.26. The minimum atomic E-state index is 0.253. The molecule has 2 saturated heterocycles. The number of likely N-dealkylation sites (tertiary alicyclic amines) is 1. The van der Waals surface area contributed by atoms with Crippen LogP contribution in [0.3, 0.4) is 0 Å². The molecule has 1 aromatic carbocycles. The van der Waals surface area contributed by atoms with Gasteiger partial charge in [-0.2, -0.15) is 5.10 Å². The zero-order valence-electron chi connectivity index (χ0n) is 16.7. The van der Waals surface area contributed by atoms with Crippen molar-refractivity contribution >= 4 is 0 Å². The predicted molar refractivity (Wildman–Crippen MR) is 110 cm³/mol. The maximum absolute atomic E-state index is 5.87. The van der Waals surface area contributed by atoms with Crippen LogP contribution in [0.4, 0.5) is 0 Å². The van der Waals surface area contributed by atoms with Crippen molar-refractivity contribution < 1.29 is 4.74 Å². The molecule has 7 heteroatoms. The van der Waals surface area contributed by atoms with Crippen LogP contribution in [0.2, 0.25) is 0 Å². The van der Waals surface area contributed by atoms with Crippen molar-refractivity contribution in [1.29, 1.82) is 0 Å². The van der Waals surface area contributed by atoms with E-state index < -0.39 is 0 Å². The van der Waals surface area contributed by atoms with Crippen molar-refractivity contribution in [2.45, 2.75) is 50.8 Å². The van der Waals surface area contributed by atoms with E-state index in [0.29, 0.717) is 5.92 Å². The van der Waals surface area contributed by atoms with Crippen molar-refractivity contribution in [1.82, 2.24) is 29.9 Å². The third-order valence-corrected chi connectivity index (χ3v) is 6.04. The number of hydrogen-bond acceptors (Lipinski definition) is 5. The second-order valence-electron chi connectivity index (χ2n) is 8.12. The zero-order valence-corrected chi connectivity index (χ0v) is 16.7. The molecule has 1 unspecified atom stereocenters. The lowest BCUT2D eigenvalue weighted by molar-refractivity contribution is 0.0920. The van der Waals surface area contributed by atoms with Gasteiger partial charge in [0.1, 0.15) is 11.5 Å². The van der Waals surface area contributed by atoms with Crippen molar-refractivity contribution in [2.75, 3.05) is 19.7 Å². The summed E-state index contributed by atoms with van der Waals surface area (Å²) in [6.07, 6.45) is 6.47. The summed E-state index contributed by atoms with van der Waals surface area (Å²) < 4.78 is 7.97. The van der Waals surface area contributed by atoms with Gasteiger partial charge in [0.15, 0.2) is 5.82 Å². The number of rotatable bonds is 6. The van der Waals surface area contributed by atoms with Gasteiger partial charge in [-0.05, 0) is 50.4 Å². The van der Waals surface area contributed by atoms with Crippen LogP contribution in [0.1, 0.15) is 43.0 Å². The zero-order chi connectivity index (χ0) is 19.5. The molecule has 2 aliphatic heterocycles. The second kappa shape index (κ2) is 8.47. The lowest BCUT2D eigenvalue weighted by Gasteiger charge is -2.31. The number of aromatic amines is 1. The van der Waals surface area contributed by atoms with Crippen molar-refractivity contribution in [3.8, 4) is 11.5 Å². The van der Waals surface area contributed by atoms with Gasteiger partial charge in [0.2, 0.25) is 0 Å². The molecule has 5 rings (SSSR count). The van der Waals surface area contributed by atoms with E-state index >= 15 is 0 Å². The monoisotopic (exact) mass is 392 g/mol. The van der Waals surface area contributed by atoms with Gasteiger partial charge in [-0.15, -0.1) is 5.10 Å². The second-order valence-corrected chi connectivity index (χ2v) is 8.12. The van der Waals surface area contributed by atoms with Crippen molar-refractivity contribution in [2.24, 2.45) is 0 Å². The summed E-state index contributed by atoms with van der Waals surface area (Å²) in [4.78, 5) is 7.48. The first-order chi connectivity index (χ1) is 14.3. The highest BCUT2D eigenvalue weighted by Gasteiger charge is 2.28. The van der Waals surface area contributed by atoms with Crippen LogP contribution < -0.4 is 0 Å². The van der Waals surface area contributed by atoms with E-state index in [1.165, 1.54) is 5.56 Å². The highest BCUT2D eigenvalue weighted by atomic mass is 16.5. The SMILES string of the molecule is c1ccc(CN2CCC(c3nc(-c4ccn[nH]4)nn3CC3CCCO3)CC2)cc1. The number of nitrogens with zero attached hydrogens (tertiary/aromatic N) is 5. The third-order valence-electron chi connectivity index (χ3n) is 6.04. The fourth-order valence-corrected chi connectivity index (χ4v) is 4.46. The van der Waals surface area contributed by atoms with E-state index in [9.17, 15) is 0 Å². The van der Waals surface area contributed by atoms with E-state index in [1.807, 2.05) is 6.07 Å². The number of aromatic nitrogens is 5. The Balaban J connectivity index is 1.30. The highest BCUT2D eigenvalue weighted by molar-refractivity contribution is 5.47. The van der Waals surface area contributed by atoms with Gasteiger partial charge in [-0.25, -0.2) is 9.67 Å². The van der Waals surface area contributed by atoms with E-state index in [0.717, 1.165) is 75.8 Å². The summed E-state index contributed by atoms with van der Waals surface area (Å²) in [5.74, 6) is 2.28. The first-order valence-corrected chi connectivity index (χ1v) is 10.7. The molecule has 1 atom stereocenters. The Kier molecular flexibility index (Phi) is 5.41. The quantitative estimate of drug-likeness (QED) is 0.697. The maximum Gasteiger partial charge on any atom is 0.199 e. The highest BCUT2D eigenvalue weighted by Crippen LogP contribution is 2.30. The standard InChI is InChI=1S/C22H28N6O/c1-2-5-17(6-3-1)15-27-12-9-18(10-13-27)22-24-21(20-8-11-23-25-20)26-28(22)16-19-7-4-14-29-19/h1-3,5-6,8,11,18-19H,4,7,9-10,12-16H2,(H,23,25). The molecule has 2 aliphatic rings. The molecule has 152 valence electrons. The summed E-state index contributed by atoms with van der Waals surface area (Å²) >= 11 is 0. The van der Waals surface area contributed by atoms with Gasteiger partial charge in [0.05, 0.1) is 12.6 Å². The van der Waals surface area contributed by atoms with Crippen LogP contribution in [-0.2, 0) is 17.8 Å². The van der Waals surface area contributed by atoms with Crippen LogP contribution in [-0.4, -0.2) is 55.7 Å². The molecule has 7 nitrogen and oxygen atoms in total. The van der Waals surface area contributed by atoms with Crippen LogP contribution >= 0.6 is 0 Å². The lowest BCUT2D eigenvalue weighted by atomic mass is 9.95. The molecule has 0 bridgehead atoms. The minimum absolute atomic E-state index is 0.253. The Labute approximate surface area is 171 Å². The number of ether oxygens (including phenoxy) is 1. The fourth-order valence-electron chi connectivity index (χ4n) is 4.46. The van der Waals surface area contributed by atoms with Crippen molar-refractivity contribution in [3.05, 3.63) is 54.0 Å². The first-order valence-electron chi connectivity index (χ1n) is 10.7. The summed E-state index contributed by atoms with van der Waals surface area (Å²) in [7, 11) is 0. The molecule has 3 aromatic rings. The van der Waals surface area contributed by atoms with Crippen LogP contribution in [0.15, 0.2) is 42.6 Å². The van der Waals surface area contributed by atoms with Gasteiger partial charge in [-0.1, -0.05) is 30.3 Å². The maximum atomic E-state index is 5.87. The summed E-state index contributed by atoms with van der Waals surface area (Å²) in [6.45, 7) is 4.85. The van der Waals surface area contributed by atoms with Gasteiger partial charge in [0.25, 0.3) is 0 Å². The van der Waals surface area contributed by atoms with Gasteiger partial charge >= 0.3 is 0 Å². The molecular formula is C22H28N6O. The van der Waals surface area contributed by atoms with Gasteiger partial charge in [-0.3, -0.25) is 10.00 Å². The van der Waals surface area contributed by atoms with Crippen LogP contribution in [0.5, 0.6) is 0 Å². The minimum Gasteiger partial charge on any atom is -0.376 e. The van der Waals surface area contributed by atoms with Crippen LogP contribution in [0.25, 0.3) is 11.5 Å². The molecule has 0 aliphatic carbocycles. The molecule has 29 heavy (non-hydrogen) atoms. The Morgan fingerprint density at radius 3 is 2.66 bits per heavy atom. The smallest absolute Gasteiger partial charge is 0.199 e.